The van der Waals surface area contributed by atoms with E-state index in [-0.39, 0.29) is 17.2 Å². The second kappa shape index (κ2) is 4.83. The maximum absolute atomic E-state index is 12.6. The van der Waals surface area contributed by atoms with Gasteiger partial charge in [0, 0.05) is 30.9 Å². The van der Waals surface area contributed by atoms with Crippen molar-refractivity contribution in [3.8, 4) is 0 Å². The highest BCUT2D eigenvalue weighted by Gasteiger charge is 2.41. The number of thiophene rings is 1. The molecule has 4 rings (SSSR count). The Labute approximate surface area is 128 Å². The molecule has 0 saturated carbocycles. The Morgan fingerprint density at radius 3 is 2.76 bits per heavy atom. The third-order valence-electron chi connectivity index (χ3n) is 5.26. The number of hydrogen-bond acceptors (Lipinski definition) is 3. The van der Waals surface area contributed by atoms with Crippen LogP contribution in [0.25, 0.3) is 0 Å². The molecule has 112 valence electrons. The molecule has 3 aliphatic rings. The molecule has 1 aromatic heterocycles. The fourth-order valence-corrected chi connectivity index (χ4v) is 5.10. The first kappa shape index (κ1) is 13.3. The van der Waals surface area contributed by atoms with Crippen LogP contribution in [0, 0.1) is 5.41 Å². The summed E-state index contributed by atoms with van der Waals surface area (Å²) in [5, 5.41) is 2.94. The Bertz CT molecular complexity index is 578. The summed E-state index contributed by atoms with van der Waals surface area (Å²) in [6, 6.07) is 2.11. The Kier molecular flexibility index (Phi) is 3.06. The van der Waals surface area contributed by atoms with Gasteiger partial charge in [0.2, 0.25) is 5.91 Å². The van der Waals surface area contributed by atoms with Gasteiger partial charge in [-0.05, 0) is 49.1 Å². The number of piperidine rings is 1. The lowest BCUT2D eigenvalue weighted by Crippen LogP contribution is -2.43. The van der Waals surface area contributed by atoms with Gasteiger partial charge in [-0.3, -0.25) is 9.59 Å². The number of amides is 2. The van der Waals surface area contributed by atoms with Crippen molar-refractivity contribution < 1.29 is 9.59 Å². The fraction of sp³-hybridized carbons (Fsp3) is 0.625. The Morgan fingerprint density at radius 2 is 2.10 bits per heavy atom. The van der Waals surface area contributed by atoms with E-state index in [9.17, 15) is 9.59 Å². The standard InChI is InChI=1S/C16H20N2O2S/c19-14-9-16(10-17-14)4-6-18(7-5-16)15(20)13-8-11-2-1-3-12(11)21-13/h8H,1-7,9-10H2,(H,17,19). The molecule has 0 unspecified atom stereocenters. The Balaban J connectivity index is 1.43. The van der Waals surface area contributed by atoms with Gasteiger partial charge in [0.05, 0.1) is 4.88 Å². The Morgan fingerprint density at radius 1 is 1.29 bits per heavy atom. The van der Waals surface area contributed by atoms with Crippen molar-refractivity contribution in [1.29, 1.82) is 0 Å². The van der Waals surface area contributed by atoms with Crippen molar-refractivity contribution in [3.05, 3.63) is 21.4 Å². The van der Waals surface area contributed by atoms with E-state index in [4.69, 9.17) is 0 Å². The number of nitrogens with zero attached hydrogens (tertiary/aromatic N) is 1. The van der Waals surface area contributed by atoms with Crippen molar-refractivity contribution in [1.82, 2.24) is 10.2 Å². The van der Waals surface area contributed by atoms with Crippen molar-refractivity contribution in [2.75, 3.05) is 19.6 Å². The molecule has 5 heteroatoms. The quantitative estimate of drug-likeness (QED) is 0.862. The molecule has 0 bridgehead atoms. The molecule has 4 nitrogen and oxygen atoms in total. The highest BCUT2D eigenvalue weighted by molar-refractivity contribution is 7.14. The first-order valence-electron chi connectivity index (χ1n) is 7.83. The van der Waals surface area contributed by atoms with Crippen molar-refractivity contribution in [2.45, 2.75) is 38.5 Å². The predicted octanol–water partition coefficient (Wildman–Crippen LogP) is 1.98. The molecular formula is C16H20N2O2S. The smallest absolute Gasteiger partial charge is 0.263 e. The topological polar surface area (TPSA) is 49.4 Å². The van der Waals surface area contributed by atoms with Crippen LogP contribution in [-0.4, -0.2) is 36.3 Å². The second-order valence-corrected chi connectivity index (χ2v) is 7.80. The number of likely N-dealkylation sites (tertiary alicyclic amines) is 1. The van der Waals surface area contributed by atoms with E-state index in [1.807, 2.05) is 4.90 Å². The van der Waals surface area contributed by atoms with Crippen LogP contribution in [-0.2, 0) is 17.6 Å². The Hall–Kier alpha value is -1.36. The van der Waals surface area contributed by atoms with Gasteiger partial charge in [-0.1, -0.05) is 0 Å². The van der Waals surface area contributed by atoms with Crippen molar-refractivity contribution in [2.24, 2.45) is 5.41 Å². The molecule has 21 heavy (non-hydrogen) atoms. The van der Waals surface area contributed by atoms with E-state index in [1.165, 1.54) is 16.9 Å². The first-order chi connectivity index (χ1) is 10.2. The fourth-order valence-electron chi connectivity index (χ4n) is 3.88. The van der Waals surface area contributed by atoms with Crippen LogP contribution in [0.2, 0.25) is 0 Å². The van der Waals surface area contributed by atoms with E-state index in [0.29, 0.717) is 6.42 Å². The van der Waals surface area contributed by atoms with Gasteiger partial charge in [0.15, 0.2) is 0 Å². The number of carbonyl (C=O) groups is 2. The average molecular weight is 304 g/mol. The van der Waals surface area contributed by atoms with Crippen LogP contribution in [0.4, 0.5) is 0 Å². The number of fused-ring (bicyclic) bond motifs is 1. The molecule has 1 N–H and O–H groups in total. The van der Waals surface area contributed by atoms with E-state index in [1.54, 1.807) is 11.3 Å². The second-order valence-electron chi connectivity index (χ2n) is 6.66. The molecule has 0 atom stereocenters. The largest absolute Gasteiger partial charge is 0.356 e. The first-order valence-corrected chi connectivity index (χ1v) is 8.64. The highest BCUT2D eigenvalue weighted by Crippen LogP contribution is 2.38. The summed E-state index contributed by atoms with van der Waals surface area (Å²) in [5.41, 5.74) is 1.51. The van der Waals surface area contributed by atoms with Crippen molar-refractivity contribution >= 4 is 23.2 Å². The van der Waals surface area contributed by atoms with Gasteiger partial charge < -0.3 is 10.2 Å². The molecule has 3 heterocycles. The molecule has 1 spiro atoms. The number of aryl methyl sites for hydroxylation is 2. The zero-order valence-electron chi connectivity index (χ0n) is 12.1. The van der Waals surface area contributed by atoms with Crippen LogP contribution in [0.15, 0.2) is 6.07 Å². The SMILES string of the molecule is O=C1CC2(CCN(C(=O)c3cc4c(s3)CCC4)CC2)CN1. The number of hydrogen-bond donors (Lipinski definition) is 1. The van der Waals surface area contributed by atoms with Crippen LogP contribution in [0.1, 0.15) is 45.8 Å². The molecule has 1 aliphatic carbocycles. The number of rotatable bonds is 1. The molecule has 0 radical (unpaired) electrons. The summed E-state index contributed by atoms with van der Waals surface area (Å²) in [7, 11) is 0. The lowest BCUT2D eigenvalue weighted by molar-refractivity contribution is -0.119. The van der Waals surface area contributed by atoms with E-state index in [0.717, 1.165) is 50.2 Å². The normalized spacial score (nSPS) is 23.4. The summed E-state index contributed by atoms with van der Waals surface area (Å²) < 4.78 is 0. The highest BCUT2D eigenvalue weighted by atomic mass is 32.1. The summed E-state index contributed by atoms with van der Waals surface area (Å²) in [5.74, 6) is 0.367. The third-order valence-corrected chi connectivity index (χ3v) is 6.49. The zero-order valence-corrected chi connectivity index (χ0v) is 12.9. The van der Waals surface area contributed by atoms with E-state index >= 15 is 0 Å². The maximum Gasteiger partial charge on any atom is 0.263 e. The van der Waals surface area contributed by atoms with E-state index < -0.39 is 0 Å². The maximum atomic E-state index is 12.6. The van der Waals surface area contributed by atoms with Gasteiger partial charge in [0.25, 0.3) is 5.91 Å². The monoisotopic (exact) mass is 304 g/mol. The zero-order chi connectivity index (χ0) is 14.4. The molecule has 2 fully saturated rings. The predicted molar refractivity (Wildman–Crippen MR) is 81.5 cm³/mol. The van der Waals surface area contributed by atoms with Crippen molar-refractivity contribution in [3.63, 3.8) is 0 Å². The van der Waals surface area contributed by atoms with Gasteiger partial charge in [0.1, 0.15) is 0 Å². The summed E-state index contributed by atoms with van der Waals surface area (Å²) in [6.45, 7) is 2.37. The summed E-state index contributed by atoms with van der Waals surface area (Å²) in [4.78, 5) is 28.4. The van der Waals surface area contributed by atoms with Gasteiger partial charge in [-0.25, -0.2) is 0 Å². The number of carbonyl (C=O) groups excluding carboxylic acids is 2. The molecule has 2 saturated heterocycles. The van der Waals surface area contributed by atoms with Gasteiger partial charge in [-0.2, -0.15) is 0 Å². The third kappa shape index (κ3) is 2.27. The van der Waals surface area contributed by atoms with Gasteiger partial charge >= 0.3 is 0 Å². The molecule has 2 aliphatic heterocycles. The van der Waals surface area contributed by atoms with Crippen LogP contribution >= 0.6 is 11.3 Å². The molecule has 1 aromatic rings. The number of nitrogens with one attached hydrogen (secondary N) is 1. The van der Waals surface area contributed by atoms with Crippen LogP contribution < -0.4 is 5.32 Å². The molecular weight excluding hydrogens is 284 g/mol. The van der Waals surface area contributed by atoms with Gasteiger partial charge in [-0.15, -0.1) is 11.3 Å². The van der Waals surface area contributed by atoms with E-state index in [2.05, 4.69) is 11.4 Å². The minimum Gasteiger partial charge on any atom is -0.356 e. The minimum absolute atomic E-state index is 0.116. The molecule has 2 amide bonds. The minimum atomic E-state index is 0.116. The lowest BCUT2D eigenvalue weighted by Gasteiger charge is -2.38. The van der Waals surface area contributed by atoms with Crippen LogP contribution in [0.5, 0.6) is 0 Å². The van der Waals surface area contributed by atoms with Crippen LogP contribution in [0.3, 0.4) is 0 Å². The lowest BCUT2D eigenvalue weighted by atomic mass is 9.77. The molecule has 0 aromatic carbocycles. The summed E-state index contributed by atoms with van der Waals surface area (Å²) in [6.07, 6.45) is 6.05. The summed E-state index contributed by atoms with van der Waals surface area (Å²) >= 11 is 1.69. The average Bonchev–Trinajstić information content (AvgIpc) is 3.14.